The molecular formula is C17H26N3O3+. The maximum Gasteiger partial charge on any atom is 0.230 e. The number of anilines is 1. The van der Waals surface area contributed by atoms with E-state index in [1.54, 1.807) is 0 Å². The average molecular weight is 320 g/mol. The highest BCUT2D eigenvalue weighted by atomic mass is 16.4. The van der Waals surface area contributed by atoms with Gasteiger partial charge in [0.1, 0.15) is 32.2 Å². The number of carbonyl (C=O) groups is 2. The molecule has 1 fully saturated rings. The number of carboxylic acid groups (broad SMARTS) is 1. The van der Waals surface area contributed by atoms with Gasteiger partial charge in [0, 0.05) is 5.69 Å². The zero-order chi connectivity index (χ0) is 17.0. The summed E-state index contributed by atoms with van der Waals surface area (Å²) >= 11 is 0. The summed E-state index contributed by atoms with van der Waals surface area (Å²) in [5.41, 5.74) is 2.75. The van der Waals surface area contributed by atoms with Gasteiger partial charge in [-0.3, -0.25) is 4.79 Å². The zero-order valence-corrected chi connectivity index (χ0v) is 14.1. The standard InChI is InChI=1S/C17H25N3O3/c1-12-4-5-13(2)14(10-12)18-16(21)11-15(17(22)23)20-8-6-19(3)7-9-20/h4-5,10,15H,6-9,11H2,1-3H3,(H,18,21)(H,22,23)/p+1/t15-/m1/s1. The van der Waals surface area contributed by atoms with Crippen LogP contribution in [0.2, 0.25) is 0 Å². The second kappa shape index (κ2) is 7.57. The van der Waals surface area contributed by atoms with Gasteiger partial charge in [0.25, 0.3) is 0 Å². The minimum Gasteiger partial charge on any atom is -0.544 e. The molecule has 0 spiro atoms. The minimum absolute atomic E-state index is 0.0515. The predicted molar refractivity (Wildman–Crippen MR) is 85.3 cm³/mol. The molecule has 0 bridgehead atoms. The van der Waals surface area contributed by atoms with Crippen LogP contribution in [-0.4, -0.2) is 51.1 Å². The number of amides is 1. The van der Waals surface area contributed by atoms with Gasteiger partial charge in [-0.15, -0.1) is 0 Å². The molecule has 3 N–H and O–H groups in total. The van der Waals surface area contributed by atoms with E-state index in [0.717, 1.165) is 47.9 Å². The molecule has 1 saturated heterocycles. The van der Waals surface area contributed by atoms with E-state index in [2.05, 4.69) is 12.4 Å². The van der Waals surface area contributed by atoms with Crippen molar-refractivity contribution in [2.75, 3.05) is 38.5 Å². The van der Waals surface area contributed by atoms with Crippen LogP contribution in [0.15, 0.2) is 18.2 Å². The Bertz CT molecular complexity index is 580. The van der Waals surface area contributed by atoms with Crippen LogP contribution in [-0.2, 0) is 9.59 Å². The Kier molecular flexibility index (Phi) is 5.74. The van der Waals surface area contributed by atoms with Crippen molar-refractivity contribution in [2.45, 2.75) is 26.3 Å². The number of likely N-dealkylation sites (N-methyl/N-ethyl adjacent to an activating group) is 1. The van der Waals surface area contributed by atoms with Crippen LogP contribution in [0.1, 0.15) is 17.5 Å². The Balaban J connectivity index is 2.00. The lowest BCUT2D eigenvalue weighted by Crippen LogP contribution is -3.29. The largest absolute Gasteiger partial charge is 0.544 e. The van der Waals surface area contributed by atoms with Crippen molar-refractivity contribution in [3.63, 3.8) is 0 Å². The molecule has 1 atom stereocenters. The molecule has 6 nitrogen and oxygen atoms in total. The van der Waals surface area contributed by atoms with Gasteiger partial charge in [-0.05, 0) is 31.0 Å². The molecule has 2 rings (SSSR count). The van der Waals surface area contributed by atoms with E-state index in [1.165, 1.54) is 4.90 Å². The number of aryl methyl sites for hydroxylation is 2. The molecule has 0 unspecified atom stereocenters. The summed E-state index contributed by atoms with van der Waals surface area (Å²) in [5.74, 6) is -1.41. The molecule has 23 heavy (non-hydrogen) atoms. The van der Waals surface area contributed by atoms with Crippen LogP contribution >= 0.6 is 0 Å². The van der Waals surface area contributed by atoms with E-state index in [4.69, 9.17) is 0 Å². The third kappa shape index (κ3) is 4.77. The lowest BCUT2D eigenvalue weighted by Gasteiger charge is -2.33. The number of nitrogens with one attached hydrogen (secondary N) is 3. The van der Waals surface area contributed by atoms with Crippen molar-refractivity contribution in [1.82, 2.24) is 0 Å². The van der Waals surface area contributed by atoms with Gasteiger partial charge < -0.3 is 25.0 Å². The van der Waals surface area contributed by atoms with Crippen molar-refractivity contribution in [1.29, 1.82) is 0 Å². The number of carbonyl (C=O) groups excluding carboxylic acids is 2. The monoisotopic (exact) mass is 320 g/mol. The van der Waals surface area contributed by atoms with Gasteiger partial charge in [-0.1, -0.05) is 12.1 Å². The van der Waals surface area contributed by atoms with Crippen LogP contribution in [0.5, 0.6) is 0 Å². The Labute approximate surface area is 137 Å². The maximum absolute atomic E-state index is 12.3. The predicted octanol–water partition coefficient (Wildman–Crippen LogP) is -2.84. The van der Waals surface area contributed by atoms with Crippen molar-refractivity contribution < 1.29 is 24.5 Å². The van der Waals surface area contributed by atoms with E-state index < -0.39 is 12.0 Å². The Hall–Kier alpha value is -1.92. The number of quaternary nitrogens is 2. The molecule has 0 aromatic heterocycles. The molecule has 126 valence electrons. The summed E-state index contributed by atoms with van der Waals surface area (Å²) in [4.78, 5) is 26.1. The number of aliphatic carboxylic acids is 1. The first-order valence-electron chi connectivity index (χ1n) is 8.10. The number of benzene rings is 1. The van der Waals surface area contributed by atoms with Crippen LogP contribution in [0.25, 0.3) is 0 Å². The van der Waals surface area contributed by atoms with Gasteiger partial charge in [0.05, 0.1) is 19.4 Å². The van der Waals surface area contributed by atoms with E-state index in [1.807, 2.05) is 32.0 Å². The minimum atomic E-state index is -1.14. The van der Waals surface area contributed by atoms with E-state index in [0.29, 0.717) is 0 Å². The van der Waals surface area contributed by atoms with Gasteiger partial charge in [-0.25, -0.2) is 0 Å². The second-order valence-corrected chi connectivity index (χ2v) is 6.56. The molecule has 6 heteroatoms. The Morgan fingerprint density at radius 3 is 2.48 bits per heavy atom. The summed E-state index contributed by atoms with van der Waals surface area (Å²) in [6, 6.07) is 5.03. The summed E-state index contributed by atoms with van der Waals surface area (Å²) in [7, 11) is 2.10. The maximum atomic E-state index is 12.3. The summed E-state index contributed by atoms with van der Waals surface area (Å²) in [6.45, 7) is 7.20. The third-order valence-electron chi connectivity index (χ3n) is 4.58. The molecular weight excluding hydrogens is 294 g/mol. The van der Waals surface area contributed by atoms with Crippen molar-refractivity contribution in [3.8, 4) is 0 Å². The molecule has 1 aromatic carbocycles. The second-order valence-electron chi connectivity index (χ2n) is 6.56. The third-order valence-corrected chi connectivity index (χ3v) is 4.58. The quantitative estimate of drug-likeness (QED) is 0.547. The summed E-state index contributed by atoms with van der Waals surface area (Å²) in [5, 5.41) is 14.3. The number of hydrogen-bond acceptors (Lipinski definition) is 3. The first kappa shape index (κ1) is 17.4. The zero-order valence-electron chi connectivity index (χ0n) is 14.1. The molecule has 0 saturated carbocycles. The van der Waals surface area contributed by atoms with E-state index in [9.17, 15) is 14.7 Å². The fourth-order valence-electron chi connectivity index (χ4n) is 3.00. The first-order chi connectivity index (χ1) is 10.9. The summed E-state index contributed by atoms with van der Waals surface area (Å²) < 4.78 is 0. The van der Waals surface area contributed by atoms with E-state index >= 15 is 0 Å². The van der Waals surface area contributed by atoms with Crippen molar-refractivity contribution in [3.05, 3.63) is 29.3 Å². The molecule has 1 amide bonds. The fraction of sp³-hybridized carbons (Fsp3) is 0.529. The average Bonchev–Trinajstić information content (AvgIpc) is 2.49. The summed E-state index contributed by atoms with van der Waals surface area (Å²) in [6.07, 6.45) is -0.0515. The molecule has 1 aromatic rings. The molecule has 1 aliphatic rings. The lowest BCUT2D eigenvalue weighted by atomic mass is 10.1. The highest BCUT2D eigenvalue weighted by molar-refractivity contribution is 5.94. The molecule has 1 aliphatic heterocycles. The molecule has 0 radical (unpaired) electrons. The van der Waals surface area contributed by atoms with Crippen LogP contribution in [0.3, 0.4) is 0 Å². The highest BCUT2D eigenvalue weighted by Crippen LogP contribution is 2.16. The number of hydrogen-bond donors (Lipinski definition) is 3. The topological polar surface area (TPSA) is 78.1 Å². The van der Waals surface area contributed by atoms with Crippen LogP contribution in [0, 0.1) is 13.8 Å². The first-order valence-corrected chi connectivity index (χ1v) is 8.10. The van der Waals surface area contributed by atoms with Crippen LogP contribution in [0.4, 0.5) is 5.69 Å². The lowest BCUT2D eigenvalue weighted by molar-refractivity contribution is -1.01. The van der Waals surface area contributed by atoms with Gasteiger partial charge in [0.15, 0.2) is 0 Å². The van der Waals surface area contributed by atoms with Gasteiger partial charge in [-0.2, -0.15) is 0 Å². The number of rotatable bonds is 5. The Morgan fingerprint density at radius 1 is 1.22 bits per heavy atom. The normalized spacial score (nSPS) is 22.4. The van der Waals surface area contributed by atoms with E-state index in [-0.39, 0.29) is 12.3 Å². The van der Waals surface area contributed by atoms with Crippen molar-refractivity contribution >= 4 is 17.6 Å². The van der Waals surface area contributed by atoms with Crippen molar-refractivity contribution in [2.24, 2.45) is 0 Å². The fourth-order valence-corrected chi connectivity index (χ4v) is 3.00. The number of piperazine rings is 1. The Morgan fingerprint density at radius 2 is 1.87 bits per heavy atom. The molecule has 0 aliphatic carbocycles. The van der Waals surface area contributed by atoms with Gasteiger partial charge in [0.2, 0.25) is 5.91 Å². The smallest absolute Gasteiger partial charge is 0.230 e. The molecule has 1 heterocycles. The highest BCUT2D eigenvalue weighted by Gasteiger charge is 2.30. The van der Waals surface area contributed by atoms with Gasteiger partial charge >= 0.3 is 0 Å². The SMILES string of the molecule is Cc1ccc(C)c(NC(=O)C[C@H](C(=O)[O-])[NH+]2CC[NH+](C)CC2)c1. The number of carboxylic acids is 1. The van der Waals surface area contributed by atoms with Crippen LogP contribution < -0.4 is 20.2 Å².